The number of furan rings is 1. The van der Waals surface area contributed by atoms with Gasteiger partial charge >= 0.3 is 20.1 Å². The van der Waals surface area contributed by atoms with E-state index in [1.807, 2.05) is 129 Å². The summed E-state index contributed by atoms with van der Waals surface area (Å²) < 4.78 is 6.10. The van der Waals surface area contributed by atoms with Gasteiger partial charge in [-0.2, -0.15) is 0 Å². The van der Waals surface area contributed by atoms with Crippen LogP contribution < -0.4 is 0 Å². The molecule has 5 heteroatoms. The minimum atomic E-state index is 0. The molecule has 0 amide bonds. The number of pyridine rings is 3. The van der Waals surface area contributed by atoms with Gasteiger partial charge < -0.3 is 19.4 Å². The van der Waals surface area contributed by atoms with Crippen LogP contribution in [-0.2, 0) is 26.5 Å². The van der Waals surface area contributed by atoms with Crippen molar-refractivity contribution >= 4 is 21.9 Å². The van der Waals surface area contributed by atoms with Gasteiger partial charge in [0, 0.05) is 23.0 Å². The third-order valence-electron chi connectivity index (χ3n) is 8.19. The van der Waals surface area contributed by atoms with Crippen molar-refractivity contribution in [2.75, 3.05) is 0 Å². The van der Waals surface area contributed by atoms with E-state index in [0.29, 0.717) is 5.92 Å². The van der Waals surface area contributed by atoms with Crippen LogP contribution in [0.15, 0.2) is 138 Å². The monoisotopic (exact) mass is 843 g/mol. The zero-order chi connectivity index (χ0) is 34.9. The van der Waals surface area contributed by atoms with Crippen LogP contribution >= 0.6 is 0 Å². The third-order valence-corrected chi connectivity index (χ3v) is 8.19. The fourth-order valence-corrected chi connectivity index (χ4v) is 5.75. The van der Waals surface area contributed by atoms with E-state index in [-0.39, 0.29) is 20.1 Å². The number of rotatable bonds is 5. The SMILES string of the molecule is Cc1cc(-c2[c-]ccc3c2oc2ccccc23)ncc1CC(C)C.Cc1cccc(-c2[c-]cccc2)n1.Cc1cccc(-c2[c-]cccc2)n1.[Ir+3]. The fourth-order valence-electron chi connectivity index (χ4n) is 5.75. The maximum atomic E-state index is 6.10. The first-order valence-electron chi connectivity index (χ1n) is 16.9. The molecule has 0 atom stereocenters. The van der Waals surface area contributed by atoms with Crippen LogP contribution in [0.5, 0.6) is 0 Å². The summed E-state index contributed by atoms with van der Waals surface area (Å²) in [6.07, 6.45) is 3.05. The zero-order valence-electron chi connectivity index (χ0n) is 29.6. The van der Waals surface area contributed by atoms with Crippen molar-refractivity contribution in [3.63, 3.8) is 0 Å². The van der Waals surface area contributed by atoms with Gasteiger partial charge in [0.05, 0.1) is 5.58 Å². The van der Waals surface area contributed by atoms with Gasteiger partial charge in [-0.3, -0.25) is 0 Å². The summed E-state index contributed by atoms with van der Waals surface area (Å²) in [5, 5.41) is 2.25. The average molecular weight is 843 g/mol. The molecule has 0 unspecified atom stereocenters. The van der Waals surface area contributed by atoms with Gasteiger partial charge in [-0.25, -0.2) is 0 Å². The quantitative estimate of drug-likeness (QED) is 0.162. The molecule has 4 heterocycles. The number of para-hydroxylation sites is 1. The van der Waals surface area contributed by atoms with Crippen LogP contribution in [0.25, 0.3) is 55.7 Å². The summed E-state index contributed by atoms with van der Waals surface area (Å²) in [4.78, 5) is 13.5. The zero-order valence-corrected chi connectivity index (χ0v) is 32.0. The minimum absolute atomic E-state index is 0. The second-order valence-corrected chi connectivity index (χ2v) is 12.7. The normalized spacial score (nSPS) is 10.5. The first-order chi connectivity index (χ1) is 24.4. The number of nitrogens with zero attached hydrogens (tertiary/aromatic N) is 3. The van der Waals surface area contributed by atoms with E-state index in [1.165, 1.54) is 11.1 Å². The van der Waals surface area contributed by atoms with Gasteiger partial charge in [0.25, 0.3) is 0 Å². The van der Waals surface area contributed by atoms with Crippen molar-refractivity contribution in [3.05, 3.63) is 174 Å². The smallest absolute Gasteiger partial charge is 0.501 e. The molecule has 254 valence electrons. The molecule has 0 aliphatic carbocycles. The molecule has 51 heavy (non-hydrogen) atoms. The van der Waals surface area contributed by atoms with E-state index in [9.17, 15) is 0 Å². The third kappa shape index (κ3) is 9.52. The first kappa shape index (κ1) is 37.0. The number of aromatic nitrogens is 3. The van der Waals surface area contributed by atoms with Crippen molar-refractivity contribution in [2.24, 2.45) is 5.92 Å². The maximum absolute atomic E-state index is 6.10. The van der Waals surface area contributed by atoms with Crippen LogP contribution in [0.3, 0.4) is 0 Å². The molecule has 0 saturated heterocycles. The summed E-state index contributed by atoms with van der Waals surface area (Å²) >= 11 is 0. The standard InChI is InChI=1S/C22H20NO.2C12H10N.Ir/c1-14(2)11-16-13-23-20(12-15(16)3)19-9-6-8-18-17-7-4-5-10-21(17)24-22(18)19;2*1-10-6-5-9-12(13-10)11-7-3-2-4-8-11;/h4-8,10,12-14H,11H2,1-3H3;2*2-7,9H,1H3;/q3*-1;+3. The second-order valence-electron chi connectivity index (χ2n) is 12.7. The van der Waals surface area contributed by atoms with E-state index < -0.39 is 0 Å². The van der Waals surface area contributed by atoms with Crippen LogP contribution in [0, 0.1) is 44.9 Å². The summed E-state index contributed by atoms with van der Waals surface area (Å²) in [5.41, 5.74) is 12.3. The molecule has 8 rings (SSSR count). The number of hydrogen-bond acceptors (Lipinski definition) is 4. The Hall–Kier alpha value is -5.22. The molecule has 0 bridgehead atoms. The predicted octanol–water partition coefficient (Wildman–Crippen LogP) is 11.7. The van der Waals surface area contributed by atoms with E-state index in [2.05, 4.69) is 67.1 Å². The summed E-state index contributed by atoms with van der Waals surface area (Å²) in [6, 6.07) is 51.7. The fraction of sp³-hybridized carbons (Fsp3) is 0.152. The maximum Gasteiger partial charge on any atom is 3.00 e. The molecule has 4 nitrogen and oxygen atoms in total. The first-order valence-corrected chi connectivity index (χ1v) is 16.9. The van der Waals surface area contributed by atoms with Gasteiger partial charge in [-0.05, 0) is 74.0 Å². The molecule has 0 aliphatic heterocycles. The molecule has 4 aromatic carbocycles. The summed E-state index contributed by atoms with van der Waals surface area (Å²) in [5.74, 6) is 0.627. The Morgan fingerprint density at radius 2 is 1.22 bits per heavy atom. The number of benzene rings is 4. The Kier molecular flexibility index (Phi) is 12.8. The molecule has 0 radical (unpaired) electrons. The Labute approximate surface area is 315 Å². The van der Waals surface area contributed by atoms with Gasteiger partial charge in [-0.15, -0.1) is 90.0 Å². The molecular weight excluding hydrogens is 803 g/mol. The molecule has 0 N–H and O–H groups in total. The summed E-state index contributed by atoms with van der Waals surface area (Å²) in [7, 11) is 0. The van der Waals surface area contributed by atoms with E-state index >= 15 is 0 Å². The Bertz CT molecular complexity index is 2230. The molecule has 4 aromatic heterocycles. The van der Waals surface area contributed by atoms with E-state index in [1.54, 1.807) is 0 Å². The van der Waals surface area contributed by atoms with Gasteiger partial charge in [0.15, 0.2) is 0 Å². The van der Waals surface area contributed by atoms with E-state index in [0.717, 1.165) is 73.5 Å². The van der Waals surface area contributed by atoms with Crippen LogP contribution in [0.4, 0.5) is 0 Å². The van der Waals surface area contributed by atoms with Crippen molar-refractivity contribution in [1.29, 1.82) is 0 Å². The molecular formula is C46H40IrN3O. The largest absolute Gasteiger partial charge is 3.00 e. The van der Waals surface area contributed by atoms with Crippen LogP contribution in [0.1, 0.15) is 36.4 Å². The van der Waals surface area contributed by atoms with Crippen molar-refractivity contribution < 1.29 is 24.5 Å². The van der Waals surface area contributed by atoms with Gasteiger partial charge in [0.2, 0.25) is 0 Å². The molecule has 0 spiro atoms. The van der Waals surface area contributed by atoms with Gasteiger partial charge in [-0.1, -0.05) is 78.9 Å². The predicted molar refractivity (Wildman–Crippen MR) is 206 cm³/mol. The number of hydrogen-bond donors (Lipinski definition) is 0. The number of aryl methyl sites for hydroxylation is 3. The van der Waals surface area contributed by atoms with E-state index in [4.69, 9.17) is 9.40 Å². The van der Waals surface area contributed by atoms with Gasteiger partial charge in [0.1, 0.15) is 5.58 Å². The Balaban J connectivity index is 0.000000159. The Morgan fingerprint density at radius 1 is 0.608 bits per heavy atom. The van der Waals surface area contributed by atoms with Crippen LogP contribution in [0.2, 0.25) is 0 Å². The van der Waals surface area contributed by atoms with Crippen molar-refractivity contribution in [2.45, 2.75) is 41.0 Å². The summed E-state index contributed by atoms with van der Waals surface area (Å²) in [6.45, 7) is 10.6. The Morgan fingerprint density at radius 3 is 1.76 bits per heavy atom. The van der Waals surface area contributed by atoms with Crippen molar-refractivity contribution in [3.8, 4) is 33.8 Å². The second kappa shape index (κ2) is 17.6. The minimum Gasteiger partial charge on any atom is -0.501 e. The average Bonchev–Trinajstić information content (AvgIpc) is 3.53. The topological polar surface area (TPSA) is 51.8 Å². The number of fused-ring (bicyclic) bond motifs is 3. The van der Waals surface area contributed by atoms with Crippen molar-refractivity contribution in [1.82, 2.24) is 15.0 Å². The molecule has 0 aliphatic rings. The molecule has 0 fully saturated rings. The van der Waals surface area contributed by atoms with Crippen LogP contribution in [-0.4, -0.2) is 15.0 Å². The molecule has 8 aromatic rings. The molecule has 0 saturated carbocycles.